The van der Waals surface area contributed by atoms with E-state index >= 15 is 0 Å². The number of nitrogens with one attached hydrogen (secondary N) is 1. The lowest BCUT2D eigenvalue weighted by Gasteiger charge is -2.35. The highest BCUT2D eigenvalue weighted by Gasteiger charge is 2.23. The summed E-state index contributed by atoms with van der Waals surface area (Å²) in [7, 11) is 2.21. The maximum atomic E-state index is 4.36. The van der Waals surface area contributed by atoms with E-state index in [4.69, 9.17) is 0 Å². The van der Waals surface area contributed by atoms with E-state index in [9.17, 15) is 0 Å². The molecule has 0 bridgehead atoms. The van der Waals surface area contributed by atoms with Crippen LogP contribution < -0.4 is 5.32 Å². The van der Waals surface area contributed by atoms with Crippen molar-refractivity contribution in [2.45, 2.75) is 25.9 Å². The first-order chi connectivity index (χ1) is 9.74. The first kappa shape index (κ1) is 13.5. The summed E-state index contributed by atoms with van der Waals surface area (Å²) in [6.07, 6.45) is 5.17. The van der Waals surface area contributed by atoms with Gasteiger partial charge in [-0.3, -0.25) is 4.98 Å². The van der Waals surface area contributed by atoms with E-state index in [0.717, 1.165) is 6.54 Å². The van der Waals surface area contributed by atoms with Crippen LogP contribution >= 0.6 is 0 Å². The smallest absolute Gasteiger partial charge is 0.0346 e. The standard InChI is InChI=1S/C17H23N3/c1-13-12-20(2)8-7-17(13)19-11-15-10-18-9-14-5-3-4-6-16(14)15/h3-6,9-10,13,17,19H,7-8,11-12H2,1-2H3. The Bertz CT molecular complexity index is 576. The molecule has 20 heavy (non-hydrogen) atoms. The summed E-state index contributed by atoms with van der Waals surface area (Å²) in [5, 5.41) is 6.27. The molecule has 2 heterocycles. The molecule has 3 rings (SSSR count). The van der Waals surface area contributed by atoms with Crippen LogP contribution in [-0.2, 0) is 6.54 Å². The number of benzene rings is 1. The number of hydrogen-bond donors (Lipinski definition) is 1. The minimum Gasteiger partial charge on any atom is -0.309 e. The van der Waals surface area contributed by atoms with Crippen LogP contribution in [0.1, 0.15) is 18.9 Å². The van der Waals surface area contributed by atoms with Crippen LogP contribution in [-0.4, -0.2) is 36.1 Å². The Morgan fingerprint density at radius 2 is 2.15 bits per heavy atom. The van der Waals surface area contributed by atoms with Crippen molar-refractivity contribution in [3.63, 3.8) is 0 Å². The predicted molar refractivity (Wildman–Crippen MR) is 83.6 cm³/mol. The van der Waals surface area contributed by atoms with Gasteiger partial charge in [0.25, 0.3) is 0 Å². The number of fused-ring (bicyclic) bond motifs is 1. The van der Waals surface area contributed by atoms with Gasteiger partial charge in [-0.05, 0) is 36.9 Å². The number of likely N-dealkylation sites (tertiary alicyclic amines) is 1. The predicted octanol–water partition coefficient (Wildman–Crippen LogP) is 2.66. The summed E-state index contributed by atoms with van der Waals surface area (Å²) in [6, 6.07) is 9.10. The maximum absolute atomic E-state index is 4.36. The number of hydrogen-bond acceptors (Lipinski definition) is 3. The van der Waals surface area contributed by atoms with E-state index < -0.39 is 0 Å². The molecule has 1 aliphatic heterocycles. The maximum Gasteiger partial charge on any atom is 0.0346 e. The van der Waals surface area contributed by atoms with E-state index in [1.54, 1.807) is 0 Å². The molecule has 2 unspecified atom stereocenters. The van der Waals surface area contributed by atoms with Crippen LogP contribution in [0.3, 0.4) is 0 Å². The van der Waals surface area contributed by atoms with Gasteiger partial charge in [0.1, 0.15) is 0 Å². The van der Waals surface area contributed by atoms with E-state index in [0.29, 0.717) is 12.0 Å². The quantitative estimate of drug-likeness (QED) is 0.928. The van der Waals surface area contributed by atoms with Gasteiger partial charge in [0.05, 0.1) is 0 Å². The van der Waals surface area contributed by atoms with Crippen LogP contribution in [0.15, 0.2) is 36.7 Å². The fraction of sp³-hybridized carbons (Fsp3) is 0.471. The van der Waals surface area contributed by atoms with Crippen LogP contribution in [0.2, 0.25) is 0 Å². The number of pyridine rings is 1. The van der Waals surface area contributed by atoms with Crippen molar-refractivity contribution in [2.24, 2.45) is 5.92 Å². The Morgan fingerprint density at radius 3 is 3.00 bits per heavy atom. The third-order valence-electron chi connectivity index (χ3n) is 4.41. The average Bonchev–Trinajstić information content (AvgIpc) is 2.46. The molecular weight excluding hydrogens is 246 g/mol. The zero-order valence-corrected chi connectivity index (χ0v) is 12.3. The molecule has 1 aliphatic rings. The molecule has 2 aromatic rings. The van der Waals surface area contributed by atoms with E-state index in [2.05, 4.69) is 53.4 Å². The first-order valence-electron chi connectivity index (χ1n) is 7.47. The van der Waals surface area contributed by atoms with Gasteiger partial charge in [-0.15, -0.1) is 0 Å². The van der Waals surface area contributed by atoms with E-state index in [1.807, 2.05) is 12.4 Å². The molecule has 2 atom stereocenters. The Hall–Kier alpha value is -1.45. The van der Waals surface area contributed by atoms with Crippen molar-refractivity contribution in [1.29, 1.82) is 0 Å². The number of nitrogens with zero attached hydrogens (tertiary/aromatic N) is 2. The molecule has 0 amide bonds. The Morgan fingerprint density at radius 1 is 1.30 bits per heavy atom. The molecule has 1 aromatic heterocycles. The van der Waals surface area contributed by atoms with Gasteiger partial charge < -0.3 is 10.2 Å². The van der Waals surface area contributed by atoms with Gasteiger partial charge in [-0.25, -0.2) is 0 Å². The third-order valence-corrected chi connectivity index (χ3v) is 4.41. The number of piperidine rings is 1. The monoisotopic (exact) mass is 269 g/mol. The van der Waals surface area contributed by atoms with Crippen LogP contribution in [0.4, 0.5) is 0 Å². The Kier molecular flexibility index (Phi) is 3.99. The number of rotatable bonds is 3. The second kappa shape index (κ2) is 5.90. The van der Waals surface area contributed by atoms with Gasteiger partial charge in [0, 0.05) is 36.9 Å². The SMILES string of the molecule is CC1CN(C)CCC1NCc1cncc2ccccc12. The molecule has 0 saturated carbocycles. The number of aromatic nitrogens is 1. The summed E-state index contributed by atoms with van der Waals surface area (Å²) in [4.78, 5) is 6.78. The molecule has 3 heteroatoms. The molecule has 106 valence electrons. The molecule has 1 aromatic carbocycles. The fourth-order valence-corrected chi connectivity index (χ4v) is 3.22. The summed E-state index contributed by atoms with van der Waals surface area (Å²) in [6.45, 7) is 5.63. The van der Waals surface area contributed by atoms with Crippen molar-refractivity contribution in [3.05, 3.63) is 42.2 Å². The molecule has 1 fully saturated rings. The molecular formula is C17H23N3. The van der Waals surface area contributed by atoms with Crippen LogP contribution in [0.25, 0.3) is 10.8 Å². The third kappa shape index (κ3) is 2.84. The fourth-order valence-electron chi connectivity index (χ4n) is 3.22. The van der Waals surface area contributed by atoms with Crippen molar-refractivity contribution in [1.82, 2.24) is 15.2 Å². The average molecular weight is 269 g/mol. The van der Waals surface area contributed by atoms with Gasteiger partial charge in [-0.2, -0.15) is 0 Å². The second-order valence-electron chi connectivity index (χ2n) is 6.04. The van der Waals surface area contributed by atoms with Gasteiger partial charge >= 0.3 is 0 Å². The normalized spacial score (nSPS) is 24.1. The lowest BCUT2D eigenvalue weighted by Crippen LogP contribution is -2.46. The highest BCUT2D eigenvalue weighted by atomic mass is 15.1. The highest BCUT2D eigenvalue weighted by molar-refractivity contribution is 5.84. The summed E-state index contributed by atoms with van der Waals surface area (Å²) >= 11 is 0. The minimum absolute atomic E-state index is 0.616. The lowest BCUT2D eigenvalue weighted by molar-refractivity contribution is 0.174. The van der Waals surface area contributed by atoms with E-state index in [1.165, 1.54) is 35.8 Å². The molecule has 3 nitrogen and oxygen atoms in total. The highest BCUT2D eigenvalue weighted by Crippen LogP contribution is 2.19. The summed E-state index contributed by atoms with van der Waals surface area (Å²) in [5.41, 5.74) is 1.30. The van der Waals surface area contributed by atoms with Crippen molar-refractivity contribution in [3.8, 4) is 0 Å². The summed E-state index contributed by atoms with van der Waals surface area (Å²) in [5.74, 6) is 0.705. The minimum atomic E-state index is 0.616. The zero-order valence-electron chi connectivity index (χ0n) is 12.3. The molecule has 0 radical (unpaired) electrons. The van der Waals surface area contributed by atoms with E-state index in [-0.39, 0.29) is 0 Å². The zero-order chi connectivity index (χ0) is 13.9. The van der Waals surface area contributed by atoms with Gasteiger partial charge in [-0.1, -0.05) is 31.2 Å². The molecule has 1 saturated heterocycles. The van der Waals surface area contributed by atoms with Crippen molar-refractivity contribution >= 4 is 10.8 Å². The Balaban J connectivity index is 1.71. The van der Waals surface area contributed by atoms with Crippen LogP contribution in [0, 0.1) is 5.92 Å². The van der Waals surface area contributed by atoms with Crippen molar-refractivity contribution < 1.29 is 0 Å². The van der Waals surface area contributed by atoms with Crippen molar-refractivity contribution in [2.75, 3.05) is 20.1 Å². The van der Waals surface area contributed by atoms with Gasteiger partial charge in [0.15, 0.2) is 0 Å². The largest absolute Gasteiger partial charge is 0.309 e. The summed E-state index contributed by atoms with van der Waals surface area (Å²) < 4.78 is 0. The molecule has 0 spiro atoms. The lowest BCUT2D eigenvalue weighted by atomic mass is 9.94. The topological polar surface area (TPSA) is 28.2 Å². The second-order valence-corrected chi connectivity index (χ2v) is 6.04. The molecule has 0 aliphatic carbocycles. The molecule has 1 N–H and O–H groups in total. The Labute approximate surface area is 121 Å². The van der Waals surface area contributed by atoms with Gasteiger partial charge in [0.2, 0.25) is 0 Å². The first-order valence-corrected chi connectivity index (χ1v) is 7.47. The van der Waals surface area contributed by atoms with Crippen LogP contribution in [0.5, 0.6) is 0 Å².